The molecule has 0 atom stereocenters. The Kier molecular flexibility index (Phi) is 4.83. The van der Waals surface area contributed by atoms with Gasteiger partial charge in [-0.3, -0.25) is 4.79 Å². The Hall–Kier alpha value is -0.570. The highest BCUT2D eigenvalue weighted by atomic mass is 16.2. The van der Waals surface area contributed by atoms with Crippen molar-refractivity contribution in [2.24, 2.45) is 0 Å². The van der Waals surface area contributed by atoms with Gasteiger partial charge in [0.05, 0.1) is 0 Å². The van der Waals surface area contributed by atoms with Crippen molar-refractivity contribution in [3.05, 3.63) is 0 Å². The van der Waals surface area contributed by atoms with E-state index in [2.05, 4.69) is 12.2 Å². The van der Waals surface area contributed by atoms with E-state index >= 15 is 0 Å². The van der Waals surface area contributed by atoms with E-state index in [4.69, 9.17) is 0 Å². The van der Waals surface area contributed by atoms with Crippen molar-refractivity contribution in [2.75, 3.05) is 26.2 Å². The number of amides is 1. The zero-order valence-corrected chi connectivity index (χ0v) is 8.46. The highest BCUT2D eigenvalue weighted by Crippen LogP contribution is 2.03. The number of unbranched alkanes of at least 4 members (excludes halogenated alkanes) is 1. The normalized spacial score (nSPS) is 18.4. The van der Waals surface area contributed by atoms with Gasteiger partial charge in [0.15, 0.2) is 0 Å². The number of nitrogens with zero attached hydrogens (tertiary/aromatic N) is 2. The quantitative estimate of drug-likeness (QED) is 0.643. The summed E-state index contributed by atoms with van der Waals surface area (Å²) in [6.45, 7) is 5.62. The molecule has 3 nitrogen and oxygen atoms in total. The standard InChI is InChI=1S/C10H19N2O/c1-2-3-5-10(13)12-8-4-6-11-7-9-12/h2-9H2,1H3. The van der Waals surface area contributed by atoms with Crippen LogP contribution in [0.5, 0.6) is 0 Å². The van der Waals surface area contributed by atoms with Crippen LogP contribution in [0.2, 0.25) is 0 Å². The third-order valence-corrected chi connectivity index (χ3v) is 2.37. The van der Waals surface area contributed by atoms with Crippen LogP contribution >= 0.6 is 0 Å². The summed E-state index contributed by atoms with van der Waals surface area (Å²) in [5, 5.41) is 4.29. The van der Waals surface area contributed by atoms with E-state index in [1.54, 1.807) is 0 Å². The molecule has 0 aromatic heterocycles. The van der Waals surface area contributed by atoms with Gasteiger partial charge in [0.25, 0.3) is 0 Å². The number of hydrogen-bond acceptors (Lipinski definition) is 1. The highest BCUT2D eigenvalue weighted by molar-refractivity contribution is 5.76. The van der Waals surface area contributed by atoms with E-state index in [0.29, 0.717) is 5.91 Å². The molecule has 1 saturated heterocycles. The van der Waals surface area contributed by atoms with E-state index < -0.39 is 0 Å². The van der Waals surface area contributed by atoms with Crippen LogP contribution in [0.1, 0.15) is 32.6 Å². The Labute approximate surface area is 80.5 Å². The smallest absolute Gasteiger partial charge is 0.222 e. The molecule has 0 aromatic carbocycles. The summed E-state index contributed by atoms with van der Waals surface area (Å²) in [4.78, 5) is 13.6. The van der Waals surface area contributed by atoms with Crippen LogP contribution in [0.25, 0.3) is 0 Å². The van der Waals surface area contributed by atoms with Gasteiger partial charge in [0.2, 0.25) is 5.91 Å². The first-order valence-electron chi connectivity index (χ1n) is 5.25. The zero-order chi connectivity index (χ0) is 9.52. The molecule has 0 unspecified atom stereocenters. The van der Waals surface area contributed by atoms with Gasteiger partial charge in [-0.05, 0) is 12.8 Å². The fraction of sp³-hybridized carbons (Fsp3) is 0.900. The summed E-state index contributed by atoms with van der Waals surface area (Å²) in [5.41, 5.74) is 0. The summed E-state index contributed by atoms with van der Waals surface area (Å²) in [5.74, 6) is 0.318. The Morgan fingerprint density at radius 2 is 2.23 bits per heavy atom. The minimum absolute atomic E-state index is 0.318. The molecule has 3 heteroatoms. The molecule has 0 N–H and O–H groups in total. The topological polar surface area (TPSA) is 34.4 Å². The maximum Gasteiger partial charge on any atom is 0.222 e. The number of carbonyl (C=O) groups is 1. The Balaban J connectivity index is 2.26. The lowest BCUT2D eigenvalue weighted by molar-refractivity contribution is -0.131. The summed E-state index contributed by atoms with van der Waals surface area (Å²) in [6.07, 6.45) is 3.88. The molecule has 1 amide bonds. The number of hydrogen-bond donors (Lipinski definition) is 0. The Bertz CT molecular complexity index is 151. The first kappa shape index (κ1) is 10.5. The van der Waals surface area contributed by atoms with Gasteiger partial charge >= 0.3 is 0 Å². The van der Waals surface area contributed by atoms with E-state index in [0.717, 1.165) is 51.9 Å². The molecule has 13 heavy (non-hydrogen) atoms. The molecular weight excluding hydrogens is 164 g/mol. The van der Waals surface area contributed by atoms with Crippen molar-refractivity contribution < 1.29 is 4.79 Å². The minimum atomic E-state index is 0.318. The first-order valence-corrected chi connectivity index (χ1v) is 5.25. The summed E-state index contributed by atoms with van der Waals surface area (Å²) in [7, 11) is 0. The molecular formula is C10H19N2O. The van der Waals surface area contributed by atoms with E-state index in [1.165, 1.54) is 0 Å². The first-order chi connectivity index (χ1) is 6.34. The fourth-order valence-electron chi connectivity index (χ4n) is 1.52. The molecule has 1 aliphatic heterocycles. The second kappa shape index (κ2) is 5.97. The number of rotatable bonds is 3. The van der Waals surface area contributed by atoms with Crippen molar-refractivity contribution in [2.45, 2.75) is 32.6 Å². The van der Waals surface area contributed by atoms with Gasteiger partial charge in [0.1, 0.15) is 0 Å². The largest absolute Gasteiger partial charge is 0.341 e. The van der Waals surface area contributed by atoms with Crippen LogP contribution in [0.15, 0.2) is 0 Å². The van der Waals surface area contributed by atoms with Gasteiger partial charge < -0.3 is 4.90 Å². The van der Waals surface area contributed by atoms with Crippen molar-refractivity contribution in [1.82, 2.24) is 10.2 Å². The fourth-order valence-corrected chi connectivity index (χ4v) is 1.52. The molecule has 0 aliphatic carbocycles. The lowest BCUT2D eigenvalue weighted by Crippen LogP contribution is -2.33. The second-order valence-electron chi connectivity index (χ2n) is 3.51. The Morgan fingerprint density at radius 3 is 3.00 bits per heavy atom. The van der Waals surface area contributed by atoms with Gasteiger partial charge in [0, 0.05) is 32.6 Å². The third kappa shape index (κ3) is 3.77. The molecule has 1 radical (unpaired) electrons. The maximum atomic E-state index is 11.6. The Morgan fingerprint density at radius 1 is 1.38 bits per heavy atom. The molecule has 0 spiro atoms. The summed E-state index contributed by atoms with van der Waals surface area (Å²) >= 11 is 0. The van der Waals surface area contributed by atoms with Crippen LogP contribution in [0.3, 0.4) is 0 Å². The molecule has 1 aliphatic rings. The summed E-state index contributed by atoms with van der Waals surface area (Å²) in [6, 6.07) is 0. The van der Waals surface area contributed by atoms with Crippen molar-refractivity contribution in [3.8, 4) is 0 Å². The van der Waals surface area contributed by atoms with Crippen LogP contribution in [0, 0.1) is 0 Å². The second-order valence-corrected chi connectivity index (χ2v) is 3.51. The van der Waals surface area contributed by atoms with Gasteiger partial charge in [-0.15, -0.1) is 0 Å². The molecule has 0 saturated carbocycles. The predicted octanol–water partition coefficient (Wildman–Crippen LogP) is 1.01. The van der Waals surface area contributed by atoms with Crippen molar-refractivity contribution in [1.29, 1.82) is 0 Å². The van der Waals surface area contributed by atoms with Crippen LogP contribution in [-0.2, 0) is 4.79 Å². The minimum Gasteiger partial charge on any atom is -0.341 e. The number of carbonyl (C=O) groups excluding carboxylic acids is 1. The SMILES string of the molecule is CCCCC(=O)N1CCC[N]CC1. The lowest BCUT2D eigenvalue weighted by atomic mass is 10.2. The van der Waals surface area contributed by atoms with Gasteiger partial charge in [-0.25, -0.2) is 5.32 Å². The molecule has 0 bridgehead atoms. The van der Waals surface area contributed by atoms with Crippen molar-refractivity contribution >= 4 is 5.91 Å². The van der Waals surface area contributed by atoms with Crippen molar-refractivity contribution in [3.63, 3.8) is 0 Å². The molecule has 1 heterocycles. The average molecular weight is 183 g/mol. The van der Waals surface area contributed by atoms with Crippen LogP contribution < -0.4 is 5.32 Å². The maximum absolute atomic E-state index is 11.6. The molecule has 1 rings (SSSR count). The third-order valence-electron chi connectivity index (χ3n) is 2.37. The monoisotopic (exact) mass is 183 g/mol. The van der Waals surface area contributed by atoms with E-state index in [1.807, 2.05) is 4.90 Å². The predicted molar refractivity (Wildman–Crippen MR) is 52.6 cm³/mol. The lowest BCUT2D eigenvalue weighted by Gasteiger charge is -2.19. The van der Waals surface area contributed by atoms with E-state index in [9.17, 15) is 4.79 Å². The van der Waals surface area contributed by atoms with Gasteiger partial charge in [-0.2, -0.15) is 0 Å². The van der Waals surface area contributed by atoms with E-state index in [-0.39, 0.29) is 0 Å². The van der Waals surface area contributed by atoms with Gasteiger partial charge in [-0.1, -0.05) is 13.3 Å². The highest BCUT2D eigenvalue weighted by Gasteiger charge is 2.14. The molecule has 0 aromatic rings. The zero-order valence-electron chi connectivity index (χ0n) is 8.46. The van der Waals surface area contributed by atoms with Crippen LogP contribution in [-0.4, -0.2) is 37.0 Å². The molecule has 1 fully saturated rings. The van der Waals surface area contributed by atoms with Crippen LogP contribution in [0.4, 0.5) is 0 Å². The average Bonchev–Trinajstić information content (AvgIpc) is 2.42. The molecule has 75 valence electrons. The summed E-state index contributed by atoms with van der Waals surface area (Å²) < 4.78 is 0.